The number of esters is 1. The molecule has 0 aromatic rings. The zero-order chi connectivity index (χ0) is 55.0. The number of quaternary nitrogens is 1. The van der Waals surface area contributed by atoms with Gasteiger partial charge in [-0.15, -0.1) is 0 Å². The first-order valence-electron chi connectivity index (χ1n) is 31.6. The molecule has 2 N–H and O–H groups in total. The Balaban J connectivity index is 5.15. The SMILES string of the molecule is CC/C=C/C/C=C/CCCCCCCCCC(=O)OC(/C=C\CCCCCCCCCCCC)C(COP(=O)(O)OCC[N+](C)(C)C)NC(=O)CCCCCCCCCCCCCCC/C=C\C/C=C\CCCCC. The van der Waals surface area contributed by atoms with Gasteiger partial charge >= 0.3 is 13.8 Å². The van der Waals surface area contributed by atoms with Crippen LogP contribution in [-0.2, 0) is 27.9 Å². The van der Waals surface area contributed by atoms with Crippen molar-refractivity contribution in [1.82, 2.24) is 5.32 Å². The molecule has 0 saturated carbocycles. The van der Waals surface area contributed by atoms with E-state index >= 15 is 0 Å². The first-order chi connectivity index (χ1) is 36.4. The maximum atomic E-state index is 13.6. The lowest BCUT2D eigenvalue weighted by atomic mass is 10.0. The summed E-state index contributed by atoms with van der Waals surface area (Å²) in [6.45, 7) is 6.89. The highest BCUT2D eigenvalue weighted by molar-refractivity contribution is 7.47. The molecule has 3 unspecified atom stereocenters. The summed E-state index contributed by atoms with van der Waals surface area (Å²) in [5.74, 6) is -0.509. The zero-order valence-corrected chi connectivity index (χ0v) is 50.9. The lowest BCUT2D eigenvalue weighted by Crippen LogP contribution is -2.47. The molecule has 0 saturated heterocycles. The Labute approximate surface area is 464 Å². The molecule has 0 bridgehead atoms. The second-order valence-electron chi connectivity index (χ2n) is 22.5. The number of carbonyl (C=O) groups excluding carboxylic acids is 2. The van der Waals surface area contributed by atoms with Crippen LogP contribution in [0.3, 0.4) is 0 Å². The van der Waals surface area contributed by atoms with Gasteiger partial charge in [0.25, 0.3) is 0 Å². The highest BCUT2D eigenvalue weighted by Gasteiger charge is 2.30. The maximum absolute atomic E-state index is 13.6. The molecule has 3 atom stereocenters. The molecule has 0 radical (unpaired) electrons. The third-order valence-electron chi connectivity index (χ3n) is 13.9. The Morgan fingerprint density at radius 1 is 0.480 bits per heavy atom. The highest BCUT2D eigenvalue weighted by Crippen LogP contribution is 2.43. The van der Waals surface area contributed by atoms with E-state index in [9.17, 15) is 19.0 Å². The molecule has 0 spiro atoms. The number of unbranched alkanes of at least 4 members (excludes halogenated alkanes) is 33. The largest absolute Gasteiger partial charge is 0.472 e. The van der Waals surface area contributed by atoms with Gasteiger partial charge in [0.1, 0.15) is 19.3 Å². The first-order valence-corrected chi connectivity index (χ1v) is 33.1. The Morgan fingerprint density at radius 3 is 1.29 bits per heavy atom. The van der Waals surface area contributed by atoms with Crippen molar-refractivity contribution in [2.24, 2.45) is 0 Å². The summed E-state index contributed by atoms with van der Waals surface area (Å²) in [4.78, 5) is 37.7. The number of rotatable bonds is 57. The molecule has 75 heavy (non-hydrogen) atoms. The average Bonchev–Trinajstić information content (AvgIpc) is 3.37. The molecule has 438 valence electrons. The fourth-order valence-corrected chi connectivity index (χ4v) is 9.80. The molecular formula is C65H122N2O7P+. The zero-order valence-electron chi connectivity index (χ0n) is 50.0. The minimum atomic E-state index is -4.45. The Hall–Kier alpha value is -2.29. The van der Waals surface area contributed by atoms with Crippen molar-refractivity contribution in [2.75, 3.05) is 40.9 Å². The van der Waals surface area contributed by atoms with E-state index in [1.54, 1.807) is 0 Å². The molecule has 0 aliphatic heterocycles. The summed E-state index contributed by atoms with van der Waals surface area (Å²) in [5.41, 5.74) is 0. The van der Waals surface area contributed by atoms with E-state index in [1.165, 1.54) is 167 Å². The van der Waals surface area contributed by atoms with Crippen LogP contribution in [0.1, 0.15) is 290 Å². The third-order valence-corrected chi connectivity index (χ3v) is 14.9. The van der Waals surface area contributed by atoms with Crippen LogP contribution in [0.5, 0.6) is 0 Å². The molecular weight excluding hydrogens is 952 g/mol. The summed E-state index contributed by atoms with van der Waals surface area (Å²) < 4.78 is 30.7. The van der Waals surface area contributed by atoms with Crippen LogP contribution in [-0.4, -0.2) is 74.3 Å². The Bertz CT molecular complexity index is 1470. The minimum absolute atomic E-state index is 0.0382. The van der Waals surface area contributed by atoms with Gasteiger partial charge in [0, 0.05) is 12.8 Å². The number of nitrogens with zero attached hydrogens (tertiary/aromatic N) is 1. The lowest BCUT2D eigenvalue weighted by molar-refractivity contribution is -0.870. The molecule has 0 aliphatic carbocycles. The van der Waals surface area contributed by atoms with Crippen molar-refractivity contribution in [3.63, 3.8) is 0 Å². The van der Waals surface area contributed by atoms with Crippen molar-refractivity contribution in [3.05, 3.63) is 60.8 Å². The molecule has 0 aromatic heterocycles. The molecule has 0 heterocycles. The van der Waals surface area contributed by atoms with Gasteiger partial charge in [-0.05, 0) is 89.5 Å². The van der Waals surface area contributed by atoms with E-state index in [0.29, 0.717) is 17.4 Å². The van der Waals surface area contributed by atoms with E-state index < -0.39 is 20.0 Å². The number of ether oxygens (including phenoxy) is 1. The topological polar surface area (TPSA) is 111 Å². The van der Waals surface area contributed by atoms with Gasteiger partial charge in [-0.2, -0.15) is 0 Å². The van der Waals surface area contributed by atoms with Crippen LogP contribution in [0.2, 0.25) is 0 Å². The number of nitrogens with one attached hydrogen (secondary N) is 1. The fraction of sp³-hybridized carbons (Fsp3) is 0.815. The van der Waals surface area contributed by atoms with Gasteiger partial charge in [-0.1, -0.05) is 249 Å². The summed E-state index contributed by atoms with van der Waals surface area (Å²) >= 11 is 0. The number of hydrogen-bond acceptors (Lipinski definition) is 6. The molecule has 10 heteroatoms. The number of phosphoric ester groups is 1. The molecule has 9 nitrogen and oxygen atoms in total. The minimum Gasteiger partial charge on any atom is -0.456 e. The number of amides is 1. The van der Waals surface area contributed by atoms with Gasteiger partial charge in [-0.3, -0.25) is 18.6 Å². The predicted octanol–water partition coefficient (Wildman–Crippen LogP) is 19.4. The van der Waals surface area contributed by atoms with E-state index in [-0.39, 0.29) is 31.5 Å². The van der Waals surface area contributed by atoms with Crippen LogP contribution < -0.4 is 5.32 Å². The molecule has 0 aromatic carbocycles. The monoisotopic (exact) mass is 1070 g/mol. The lowest BCUT2D eigenvalue weighted by Gasteiger charge is -2.27. The van der Waals surface area contributed by atoms with E-state index in [1.807, 2.05) is 33.3 Å². The summed E-state index contributed by atoms with van der Waals surface area (Å²) in [6, 6.07) is -0.852. The van der Waals surface area contributed by atoms with Crippen LogP contribution in [0.4, 0.5) is 0 Å². The third kappa shape index (κ3) is 56.2. The first kappa shape index (κ1) is 72.7. The molecule has 0 aliphatic rings. The summed E-state index contributed by atoms with van der Waals surface area (Å²) in [5, 5.41) is 3.06. The van der Waals surface area contributed by atoms with Crippen molar-refractivity contribution in [2.45, 2.75) is 303 Å². The van der Waals surface area contributed by atoms with Gasteiger partial charge in [0.2, 0.25) is 5.91 Å². The predicted molar refractivity (Wildman–Crippen MR) is 323 cm³/mol. The summed E-state index contributed by atoms with van der Waals surface area (Å²) in [7, 11) is 1.49. The number of allylic oxidation sites excluding steroid dienone is 9. The second kappa shape index (κ2) is 55.0. The van der Waals surface area contributed by atoms with Crippen LogP contribution in [0, 0.1) is 0 Å². The Morgan fingerprint density at radius 2 is 0.853 bits per heavy atom. The van der Waals surface area contributed by atoms with Crippen molar-refractivity contribution in [1.29, 1.82) is 0 Å². The van der Waals surface area contributed by atoms with Crippen LogP contribution >= 0.6 is 7.82 Å². The van der Waals surface area contributed by atoms with E-state index in [0.717, 1.165) is 89.9 Å². The standard InChI is InChI=1S/C65H121N2O7P/c1-7-10-13-16-19-22-25-28-30-31-32-33-34-35-36-37-38-39-42-45-48-51-54-57-64(68)66-62(61-73-75(70,71)72-60-59-67(4,5)6)63(56-53-50-47-44-41-27-24-21-18-15-12-9-3)74-65(69)58-55-52-49-46-43-40-29-26-23-20-17-14-11-8-2/h11,14,19-20,22-23,28,30,53,56,62-63H,7-10,12-13,15-18,21,24-27,29,31-52,54-55,57-61H2,1-6H3,(H-,66,68,70,71)/p+1/b14-11+,22-19-,23-20+,30-28-,56-53-. The summed E-state index contributed by atoms with van der Waals surface area (Å²) in [6.07, 6.45) is 69.3. The Kier molecular flexibility index (Phi) is 53.4. The highest BCUT2D eigenvalue weighted by atomic mass is 31.2. The normalized spacial score (nSPS) is 14.1. The maximum Gasteiger partial charge on any atom is 0.472 e. The molecule has 1 amide bonds. The van der Waals surface area contributed by atoms with Gasteiger partial charge < -0.3 is 19.4 Å². The van der Waals surface area contributed by atoms with Crippen LogP contribution in [0.15, 0.2) is 60.8 Å². The number of hydrogen-bond donors (Lipinski definition) is 2. The van der Waals surface area contributed by atoms with Crippen molar-refractivity contribution >= 4 is 19.7 Å². The molecule has 0 rings (SSSR count). The van der Waals surface area contributed by atoms with Crippen LogP contribution in [0.25, 0.3) is 0 Å². The number of carbonyl (C=O) groups is 2. The van der Waals surface area contributed by atoms with Gasteiger partial charge in [0.05, 0.1) is 33.8 Å². The van der Waals surface area contributed by atoms with Crippen molar-refractivity contribution in [3.8, 4) is 0 Å². The number of phosphoric acid groups is 1. The molecule has 0 fully saturated rings. The van der Waals surface area contributed by atoms with E-state index in [4.69, 9.17) is 13.8 Å². The number of likely N-dealkylation sites (N-methyl/N-ethyl adjacent to an activating group) is 1. The smallest absolute Gasteiger partial charge is 0.456 e. The second-order valence-corrected chi connectivity index (χ2v) is 24.0. The fourth-order valence-electron chi connectivity index (χ4n) is 9.07. The average molecular weight is 1070 g/mol. The van der Waals surface area contributed by atoms with Gasteiger partial charge in [0.15, 0.2) is 0 Å². The van der Waals surface area contributed by atoms with Crippen molar-refractivity contribution < 1.29 is 37.3 Å². The van der Waals surface area contributed by atoms with E-state index in [2.05, 4.69) is 74.7 Å². The van der Waals surface area contributed by atoms with Gasteiger partial charge in [-0.25, -0.2) is 4.57 Å². The quantitative estimate of drug-likeness (QED) is 0.0205.